The Labute approximate surface area is 140 Å². The Bertz CT molecular complexity index is 519. The number of halogens is 1. The molecule has 1 unspecified atom stereocenters. The Morgan fingerprint density at radius 2 is 2.14 bits per heavy atom. The first-order chi connectivity index (χ1) is 9.58. The molecule has 1 aliphatic heterocycles. The number of aromatic nitrogens is 2. The van der Waals surface area contributed by atoms with Gasteiger partial charge in [-0.1, -0.05) is 0 Å². The first kappa shape index (κ1) is 16.6. The van der Waals surface area contributed by atoms with E-state index in [4.69, 9.17) is 4.74 Å². The zero-order valence-corrected chi connectivity index (χ0v) is 15.5. The zero-order valence-electron chi connectivity index (χ0n) is 13.4. The minimum absolute atomic E-state index is 0.181. The van der Waals surface area contributed by atoms with Crippen molar-refractivity contribution in [2.75, 3.05) is 6.54 Å². The molecule has 1 aromatic rings. The summed E-state index contributed by atoms with van der Waals surface area (Å²) >= 11 is 2.25. The quantitative estimate of drug-likeness (QED) is 0.668. The van der Waals surface area contributed by atoms with E-state index in [9.17, 15) is 4.79 Å². The van der Waals surface area contributed by atoms with Crippen LogP contribution in [0.1, 0.15) is 53.5 Å². The summed E-state index contributed by atoms with van der Waals surface area (Å²) in [4.78, 5) is 14.3. The van der Waals surface area contributed by atoms with E-state index in [1.165, 1.54) is 0 Å². The van der Waals surface area contributed by atoms with Gasteiger partial charge in [0.15, 0.2) is 0 Å². The highest BCUT2D eigenvalue weighted by molar-refractivity contribution is 14.1. The van der Waals surface area contributed by atoms with E-state index in [1.54, 1.807) is 0 Å². The van der Waals surface area contributed by atoms with Gasteiger partial charge in [-0.15, -0.1) is 0 Å². The van der Waals surface area contributed by atoms with Gasteiger partial charge >= 0.3 is 6.09 Å². The molecule has 5 nitrogen and oxygen atoms in total. The number of carbonyl (C=O) groups excluding carboxylic acids is 1. The number of hydrogen-bond acceptors (Lipinski definition) is 3. The third kappa shape index (κ3) is 4.11. The standard InChI is InChI=1S/C15H24IN3O2/c1-14(2,3)21-13(20)18-10-12(6-7-15(18,4)5)19-9-11(16)8-17-19/h8-9,12H,6-7,10H2,1-5H3. The van der Waals surface area contributed by atoms with Crippen molar-refractivity contribution in [3.8, 4) is 0 Å². The van der Waals surface area contributed by atoms with Crippen LogP contribution >= 0.6 is 22.6 Å². The number of ether oxygens (including phenoxy) is 1. The molecule has 2 heterocycles. The van der Waals surface area contributed by atoms with E-state index in [1.807, 2.05) is 42.7 Å². The number of carbonyl (C=O) groups is 1. The highest BCUT2D eigenvalue weighted by atomic mass is 127. The second kappa shape index (κ2) is 5.78. The predicted octanol–water partition coefficient (Wildman–Crippen LogP) is 3.84. The lowest BCUT2D eigenvalue weighted by Crippen LogP contribution is -2.54. The van der Waals surface area contributed by atoms with Crippen LogP contribution in [0.25, 0.3) is 0 Å². The number of likely N-dealkylation sites (tertiary alicyclic amines) is 1. The monoisotopic (exact) mass is 405 g/mol. The highest BCUT2D eigenvalue weighted by Crippen LogP contribution is 2.34. The molecule has 0 bridgehead atoms. The minimum Gasteiger partial charge on any atom is -0.444 e. The van der Waals surface area contributed by atoms with Crippen molar-refractivity contribution in [2.24, 2.45) is 0 Å². The summed E-state index contributed by atoms with van der Waals surface area (Å²) in [5.74, 6) is 0. The van der Waals surface area contributed by atoms with Gasteiger partial charge in [0, 0.05) is 18.3 Å². The third-order valence-electron chi connectivity index (χ3n) is 3.77. The van der Waals surface area contributed by atoms with Crippen LogP contribution in [-0.2, 0) is 4.74 Å². The van der Waals surface area contributed by atoms with Crippen molar-refractivity contribution in [1.29, 1.82) is 0 Å². The Balaban J connectivity index is 2.15. The van der Waals surface area contributed by atoms with Gasteiger partial charge in [-0.2, -0.15) is 5.10 Å². The summed E-state index contributed by atoms with van der Waals surface area (Å²) in [6.45, 7) is 10.5. The fraction of sp³-hybridized carbons (Fsp3) is 0.733. The van der Waals surface area contributed by atoms with E-state index >= 15 is 0 Å². The average molecular weight is 405 g/mol. The van der Waals surface area contributed by atoms with Crippen LogP contribution in [0.15, 0.2) is 12.4 Å². The molecule has 21 heavy (non-hydrogen) atoms. The molecule has 0 aliphatic carbocycles. The Morgan fingerprint density at radius 3 is 2.67 bits per heavy atom. The van der Waals surface area contributed by atoms with Crippen LogP contribution in [0, 0.1) is 3.57 Å². The zero-order chi connectivity index (χ0) is 15.8. The SMILES string of the molecule is CC(C)(C)OC(=O)N1CC(n2cc(I)cn2)CCC1(C)C. The average Bonchev–Trinajstić information content (AvgIpc) is 2.73. The summed E-state index contributed by atoms with van der Waals surface area (Å²) < 4.78 is 8.64. The van der Waals surface area contributed by atoms with E-state index in [0.29, 0.717) is 6.54 Å². The van der Waals surface area contributed by atoms with E-state index in [2.05, 4.69) is 41.5 Å². The maximum absolute atomic E-state index is 12.5. The molecule has 0 N–H and O–H groups in total. The molecule has 1 aliphatic rings. The lowest BCUT2D eigenvalue weighted by Gasteiger charge is -2.45. The van der Waals surface area contributed by atoms with Gasteiger partial charge in [0.05, 0.1) is 15.8 Å². The van der Waals surface area contributed by atoms with Crippen LogP contribution in [0.3, 0.4) is 0 Å². The molecule has 0 radical (unpaired) electrons. The van der Waals surface area contributed by atoms with Crippen LogP contribution in [0.2, 0.25) is 0 Å². The lowest BCUT2D eigenvalue weighted by molar-refractivity contribution is -0.0155. The maximum Gasteiger partial charge on any atom is 0.410 e. The molecule has 0 saturated carbocycles. The number of nitrogens with zero attached hydrogens (tertiary/aromatic N) is 3. The Morgan fingerprint density at radius 1 is 1.48 bits per heavy atom. The van der Waals surface area contributed by atoms with Crippen LogP contribution in [0.4, 0.5) is 4.79 Å². The van der Waals surface area contributed by atoms with Gasteiger partial charge in [0.1, 0.15) is 5.60 Å². The molecule has 1 amide bonds. The lowest BCUT2D eigenvalue weighted by atomic mass is 9.88. The molecule has 118 valence electrons. The predicted molar refractivity (Wildman–Crippen MR) is 90.2 cm³/mol. The molecule has 0 aromatic carbocycles. The smallest absolute Gasteiger partial charge is 0.410 e. The Hall–Kier alpha value is -0.790. The van der Waals surface area contributed by atoms with Gasteiger partial charge in [-0.25, -0.2) is 4.79 Å². The molecule has 1 atom stereocenters. The molecular formula is C15H24IN3O2. The van der Waals surface area contributed by atoms with Gasteiger partial charge < -0.3 is 9.64 Å². The number of amides is 1. The molecule has 2 rings (SSSR count). The first-order valence-corrected chi connectivity index (χ1v) is 8.37. The van der Waals surface area contributed by atoms with E-state index in [-0.39, 0.29) is 17.7 Å². The summed E-state index contributed by atoms with van der Waals surface area (Å²) in [5.41, 5.74) is -0.652. The molecule has 1 aromatic heterocycles. The first-order valence-electron chi connectivity index (χ1n) is 7.29. The van der Waals surface area contributed by atoms with Crippen molar-refractivity contribution < 1.29 is 9.53 Å². The van der Waals surface area contributed by atoms with Crippen molar-refractivity contribution in [3.63, 3.8) is 0 Å². The number of rotatable bonds is 1. The van der Waals surface area contributed by atoms with Gasteiger partial charge in [0.25, 0.3) is 0 Å². The summed E-state index contributed by atoms with van der Waals surface area (Å²) in [6, 6.07) is 0.217. The van der Waals surface area contributed by atoms with Gasteiger partial charge in [-0.3, -0.25) is 4.68 Å². The van der Waals surface area contributed by atoms with Crippen molar-refractivity contribution in [1.82, 2.24) is 14.7 Å². The maximum atomic E-state index is 12.5. The minimum atomic E-state index is -0.471. The largest absolute Gasteiger partial charge is 0.444 e. The van der Waals surface area contributed by atoms with Crippen molar-refractivity contribution in [2.45, 2.75) is 64.6 Å². The Kier molecular flexibility index (Phi) is 4.56. The van der Waals surface area contributed by atoms with Crippen LogP contribution in [-0.4, -0.2) is 38.5 Å². The fourth-order valence-corrected chi connectivity index (χ4v) is 2.98. The van der Waals surface area contributed by atoms with Crippen molar-refractivity contribution >= 4 is 28.7 Å². The summed E-state index contributed by atoms with van der Waals surface area (Å²) in [5, 5.41) is 4.39. The fourth-order valence-electron chi connectivity index (χ4n) is 2.57. The van der Waals surface area contributed by atoms with E-state index in [0.717, 1.165) is 16.4 Å². The molecule has 0 spiro atoms. The topological polar surface area (TPSA) is 47.4 Å². The molecular weight excluding hydrogens is 381 g/mol. The van der Waals surface area contributed by atoms with Crippen molar-refractivity contribution in [3.05, 3.63) is 16.0 Å². The third-order valence-corrected chi connectivity index (χ3v) is 4.33. The van der Waals surface area contributed by atoms with Crippen LogP contribution in [0.5, 0.6) is 0 Å². The number of piperidine rings is 1. The van der Waals surface area contributed by atoms with Gasteiger partial charge in [-0.05, 0) is 70.1 Å². The van der Waals surface area contributed by atoms with Gasteiger partial charge in [0.2, 0.25) is 0 Å². The molecule has 1 fully saturated rings. The molecule has 6 heteroatoms. The molecule has 1 saturated heterocycles. The normalized spacial score (nSPS) is 22.2. The summed E-state index contributed by atoms with van der Waals surface area (Å²) in [7, 11) is 0. The second-order valence-electron chi connectivity index (χ2n) is 7.23. The highest BCUT2D eigenvalue weighted by Gasteiger charge is 2.40. The summed E-state index contributed by atoms with van der Waals surface area (Å²) in [6.07, 6.45) is 5.59. The van der Waals surface area contributed by atoms with Crippen LogP contribution < -0.4 is 0 Å². The second-order valence-corrected chi connectivity index (χ2v) is 8.48. The van der Waals surface area contributed by atoms with E-state index < -0.39 is 5.60 Å². The number of hydrogen-bond donors (Lipinski definition) is 0.